The average molecular weight is 224 g/mol. The first-order valence-corrected chi connectivity index (χ1v) is 7.12. The molecule has 0 amide bonds. The Morgan fingerprint density at radius 3 is 2.88 bits per heavy atom. The molecule has 0 bridgehead atoms. The molecule has 1 heterocycles. The maximum absolute atomic E-state index is 3.82. The van der Waals surface area contributed by atoms with Crippen molar-refractivity contribution in [3.8, 4) is 0 Å². The third-order valence-electron chi connectivity index (χ3n) is 4.53. The van der Waals surface area contributed by atoms with Gasteiger partial charge in [-0.05, 0) is 43.6 Å². The SMILES string of the molecule is CC1CCCC(NCC2(C)CCNC2)CC1. The molecule has 3 unspecified atom stereocenters. The predicted molar refractivity (Wildman–Crippen MR) is 69.6 cm³/mol. The lowest BCUT2D eigenvalue weighted by atomic mass is 9.89. The van der Waals surface area contributed by atoms with Gasteiger partial charge in [-0.25, -0.2) is 0 Å². The lowest BCUT2D eigenvalue weighted by Crippen LogP contribution is -2.39. The number of nitrogens with one attached hydrogen (secondary N) is 2. The van der Waals surface area contributed by atoms with E-state index < -0.39 is 0 Å². The first-order chi connectivity index (χ1) is 7.68. The third-order valence-corrected chi connectivity index (χ3v) is 4.53. The van der Waals surface area contributed by atoms with Gasteiger partial charge in [-0.1, -0.05) is 26.7 Å². The van der Waals surface area contributed by atoms with Crippen LogP contribution in [0.3, 0.4) is 0 Å². The summed E-state index contributed by atoms with van der Waals surface area (Å²) in [6, 6.07) is 0.794. The van der Waals surface area contributed by atoms with Gasteiger partial charge in [0.05, 0.1) is 0 Å². The quantitative estimate of drug-likeness (QED) is 0.720. The summed E-state index contributed by atoms with van der Waals surface area (Å²) < 4.78 is 0. The van der Waals surface area contributed by atoms with E-state index in [9.17, 15) is 0 Å². The van der Waals surface area contributed by atoms with Gasteiger partial charge in [0.15, 0.2) is 0 Å². The van der Waals surface area contributed by atoms with Crippen molar-refractivity contribution in [3.05, 3.63) is 0 Å². The first kappa shape index (κ1) is 12.4. The zero-order valence-electron chi connectivity index (χ0n) is 11.0. The molecule has 1 saturated carbocycles. The van der Waals surface area contributed by atoms with E-state index in [2.05, 4.69) is 24.5 Å². The van der Waals surface area contributed by atoms with Crippen LogP contribution in [-0.4, -0.2) is 25.7 Å². The van der Waals surface area contributed by atoms with Gasteiger partial charge < -0.3 is 10.6 Å². The summed E-state index contributed by atoms with van der Waals surface area (Å²) in [5.41, 5.74) is 0.512. The van der Waals surface area contributed by atoms with Crippen LogP contribution in [0.15, 0.2) is 0 Å². The number of hydrogen-bond acceptors (Lipinski definition) is 2. The molecule has 0 radical (unpaired) electrons. The molecule has 1 aliphatic heterocycles. The molecule has 2 nitrogen and oxygen atoms in total. The highest BCUT2D eigenvalue weighted by Gasteiger charge is 2.29. The van der Waals surface area contributed by atoms with Crippen molar-refractivity contribution in [3.63, 3.8) is 0 Å². The van der Waals surface area contributed by atoms with Crippen LogP contribution in [0.1, 0.15) is 52.4 Å². The second kappa shape index (κ2) is 5.50. The summed E-state index contributed by atoms with van der Waals surface area (Å²) >= 11 is 0. The topological polar surface area (TPSA) is 24.1 Å². The Morgan fingerprint density at radius 1 is 1.25 bits per heavy atom. The molecule has 1 aliphatic carbocycles. The molecule has 2 aliphatic rings. The summed E-state index contributed by atoms with van der Waals surface area (Å²) in [6.07, 6.45) is 8.42. The summed E-state index contributed by atoms with van der Waals surface area (Å²) in [7, 11) is 0. The fourth-order valence-electron chi connectivity index (χ4n) is 3.10. The van der Waals surface area contributed by atoms with Crippen LogP contribution in [0, 0.1) is 11.3 Å². The molecule has 2 N–H and O–H groups in total. The van der Waals surface area contributed by atoms with Gasteiger partial charge in [0.25, 0.3) is 0 Å². The third kappa shape index (κ3) is 3.46. The highest BCUT2D eigenvalue weighted by molar-refractivity contribution is 4.87. The van der Waals surface area contributed by atoms with Gasteiger partial charge in [0.1, 0.15) is 0 Å². The van der Waals surface area contributed by atoms with Gasteiger partial charge in [0.2, 0.25) is 0 Å². The minimum atomic E-state index is 0.512. The van der Waals surface area contributed by atoms with Crippen LogP contribution in [0.2, 0.25) is 0 Å². The minimum absolute atomic E-state index is 0.512. The van der Waals surface area contributed by atoms with Crippen LogP contribution >= 0.6 is 0 Å². The van der Waals surface area contributed by atoms with Crippen LogP contribution in [0.4, 0.5) is 0 Å². The molecule has 1 saturated heterocycles. The van der Waals surface area contributed by atoms with Crippen molar-refractivity contribution in [2.45, 2.75) is 58.4 Å². The van der Waals surface area contributed by atoms with Crippen molar-refractivity contribution in [1.29, 1.82) is 0 Å². The fourth-order valence-corrected chi connectivity index (χ4v) is 3.10. The van der Waals surface area contributed by atoms with Gasteiger partial charge in [-0.15, -0.1) is 0 Å². The lowest BCUT2D eigenvalue weighted by molar-refractivity contribution is 0.307. The van der Waals surface area contributed by atoms with Crippen molar-refractivity contribution in [2.24, 2.45) is 11.3 Å². The van der Waals surface area contributed by atoms with E-state index in [4.69, 9.17) is 0 Å². The molecule has 2 heteroatoms. The van der Waals surface area contributed by atoms with Gasteiger partial charge in [-0.3, -0.25) is 0 Å². The first-order valence-electron chi connectivity index (χ1n) is 7.12. The van der Waals surface area contributed by atoms with E-state index in [1.165, 1.54) is 58.2 Å². The van der Waals surface area contributed by atoms with E-state index in [0.717, 1.165) is 12.0 Å². The summed E-state index contributed by atoms with van der Waals surface area (Å²) in [5.74, 6) is 0.954. The Labute approximate surface area is 101 Å². The van der Waals surface area contributed by atoms with E-state index in [1.807, 2.05) is 0 Å². The monoisotopic (exact) mass is 224 g/mol. The molecular weight excluding hydrogens is 196 g/mol. The van der Waals surface area contributed by atoms with Crippen molar-refractivity contribution < 1.29 is 0 Å². The Hall–Kier alpha value is -0.0800. The molecule has 2 rings (SSSR count). The zero-order valence-corrected chi connectivity index (χ0v) is 11.0. The molecule has 0 aromatic heterocycles. The molecule has 16 heavy (non-hydrogen) atoms. The minimum Gasteiger partial charge on any atom is -0.316 e. The van der Waals surface area contributed by atoms with E-state index in [1.54, 1.807) is 0 Å². The lowest BCUT2D eigenvalue weighted by Gasteiger charge is -2.26. The van der Waals surface area contributed by atoms with Crippen LogP contribution in [0.25, 0.3) is 0 Å². The van der Waals surface area contributed by atoms with Crippen molar-refractivity contribution in [1.82, 2.24) is 10.6 Å². The maximum atomic E-state index is 3.82. The van der Waals surface area contributed by atoms with Crippen LogP contribution in [-0.2, 0) is 0 Å². The van der Waals surface area contributed by atoms with E-state index >= 15 is 0 Å². The normalized spacial score (nSPS) is 40.9. The maximum Gasteiger partial charge on any atom is 0.00674 e. The Kier molecular flexibility index (Phi) is 4.26. The largest absolute Gasteiger partial charge is 0.316 e. The van der Waals surface area contributed by atoms with Crippen molar-refractivity contribution in [2.75, 3.05) is 19.6 Å². The van der Waals surface area contributed by atoms with Crippen LogP contribution < -0.4 is 10.6 Å². The van der Waals surface area contributed by atoms with Crippen LogP contribution in [0.5, 0.6) is 0 Å². The summed E-state index contributed by atoms with van der Waals surface area (Å²) in [4.78, 5) is 0. The zero-order chi connectivity index (χ0) is 11.4. The standard InChI is InChI=1S/C14H28N2/c1-12-4-3-5-13(7-6-12)16-11-14(2)8-9-15-10-14/h12-13,15-16H,3-11H2,1-2H3. The number of rotatable bonds is 3. The van der Waals surface area contributed by atoms with Gasteiger partial charge >= 0.3 is 0 Å². The van der Waals surface area contributed by atoms with Gasteiger partial charge in [-0.2, -0.15) is 0 Å². The predicted octanol–water partition coefficient (Wildman–Crippen LogP) is 2.54. The molecule has 3 atom stereocenters. The summed E-state index contributed by atoms with van der Waals surface area (Å²) in [5, 5.41) is 7.30. The Balaban J connectivity index is 1.72. The second-order valence-corrected chi connectivity index (χ2v) is 6.43. The van der Waals surface area contributed by atoms with E-state index in [-0.39, 0.29) is 0 Å². The number of hydrogen-bond donors (Lipinski definition) is 2. The molecule has 0 aromatic rings. The smallest absolute Gasteiger partial charge is 0.00674 e. The Morgan fingerprint density at radius 2 is 2.12 bits per heavy atom. The summed E-state index contributed by atoms with van der Waals surface area (Å²) in [6.45, 7) is 8.44. The Bertz CT molecular complexity index is 209. The fraction of sp³-hybridized carbons (Fsp3) is 1.00. The van der Waals surface area contributed by atoms with E-state index in [0.29, 0.717) is 5.41 Å². The molecule has 2 fully saturated rings. The molecule has 0 spiro atoms. The molecule has 94 valence electrons. The van der Waals surface area contributed by atoms with Crippen molar-refractivity contribution >= 4 is 0 Å². The second-order valence-electron chi connectivity index (χ2n) is 6.43. The highest BCUT2D eigenvalue weighted by atomic mass is 15.0. The van der Waals surface area contributed by atoms with Gasteiger partial charge in [0, 0.05) is 19.1 Å². The highest BCUT2D eigenvalue weighted by Crippen LogP contribution is 2.26. The molecular formula is C14H28N2. The average Bonchev–Trinajstić information content (AvgIpc) is 2.58. The molecule has 0 aromatic carbocycles.